The molecular weight excluding hydrogens is 444 g/mol. The number of aromatic nitrogens is 4. The summed E-state index contributed by atoms with van der Waals surface area (Å²) in [7, 11) is 0. The SMILES string of the molecule is CC(Nc1nc(N)nc(N)c1C#N)c1nc2cccc(C#N)c2c(=O)n1-c1cc(F)cc(F)c1. The molecule has 2 aromatic carbocycles. The van der Waals surface area contributed by atoms with Crippen LogP contribution in [0, 0.1) is 34.3 Å². The van der Waals surface area contributed by atoms with E-state index in [9.17, 15) is 24.1 Å². The van der Waals surface area contributed by atoms with Crippen molar-refractivity contribution in [1.29, 1.82) is 10.5 Å². The van der Waals surface area contributed by atoms with E-state index >= 15 is 0 Å². The summed E-state index contributed by atoms with van der Waals surface area (Å²) in [4.78, 5) is 25.7. The molecule has 0 radical (unpaired) electrons. The highest BCUT2D eigenvalue weighted by Crippen LogP contribution is 2.26. The molecule has 0 fully saturated rings. The first kappa shape index (κ1) is 22.1. The third-order valence-corrected chi connectivity index (χ3v) is 4.96. The van der Waals surface area contributed by atoms with Gasteiger partial charge in [-0.1, -0.05) is 6.07 Å². The third kappa shape index (κ3) is 3.80. The number of nitriles is 2. The summed E-state index contributed by atoms with van der Waals surface area (Å²) in [5, 5.41) is 21.8. The number of fused-ring (bicyclic) bond motifs is 1. The number of hydrogen-bond acceptors (Lipinski definition) is 9. The average molecular weight is 459 g/mol. The molecule has 168 valence electrons. The maximum absolute atomic E-state index is 14.0. The van der Waals surface area contributed by atoms with Gasteiger partial charge in [-0.3, -0.25) is 9.36 Å². The standard InChI is InChI=1S/C22H15F2N9O/c1-10(29-19-15(9-26)18(27)31-22(28)32-19)20-30-16-4-2-3-11(8-25)17(16)21(34)33(20)14-6-12(23)5-13(24)7-14/h2-7,10H,1H3,(H5,27,28,29,31,32). The summed E-state index contributed by atoms with van der Waals surface area (Å²) in [6.07, 6.45) is 0. The van der Waals surface area contributed by atoms with Crippen molar-refractivity contribution < 1.29 is 8.78 Å². The zero-order chi connectivity index (χ0) is 24.6. The van der Waals surface area contributed by atoms with Gasteiger partial charge in [0, 0.05) is 6.07 Å². The molecule has 10 nitrogen and oxygen atoms in total. The molecule has 1 unspecified atom stereocenters. The van der Waals surface area contributed by atoms with E-state index in [4.69, 9.17) is 11.5 Å². The highest BCUT2D eigenvalue weighted by Gasteiger charge is 2.22. The van der Waals surface area contributed by atoms with Crippen LogP contribution in [-0.4, -0.2) is 19.5 Å². The predicted molar refractivity (Wildman–Crippen MR) is 120 cm³/mol. The van der Waals surface area contributed by atoms with Crippen LogP contribution in [0.4, 0.5) is 26.4 Å². The van der Waals surface area contributed by atoms with E-state index in [2.05, 4.69) is 20.3 Å². The molecule has 2 heterocycles. The normalized spacial score (nSPS) is 11.6. The van der Waals surface area contributed by atoms with Crippen molar-refractivity contribution in [2.24, 2.45) is 0 Å². The lowest BCUT2D eigenvalue weighted by molar-refractivity contribution is 0.579. The maximum Gasteiger partial charge on any atom is 0.267 e. The molecule has 0 amide bonds. The van der Waals surface area contributed by atoms with Crippen LogP contribution in [0.25, 0.3) is 16.6 Å². The fourth-order valence-electron chi connectivity index (χ4n) is 3.53. The molecule has 4 aromatic rings. The molecule has 1 atom stereocenters. The van der Waals surface area contributed by atoms with Gasteiger partial charge in [0.2, 0.25) is 5.95 Å². The van der Waals surface area contributed by atoms with E-state index in [-0.39, 0.29) is 51.1 Å². The van der Waals surface area contributed by atoms with E-state index in [1.54, 1.807) is 13.0 Å². The second-order valence-corrected chi connectivity index (χ2v) is 7.22. The number of benzene rings is 2. The fraction of sp³-hybridized carbons (Fsp3) is 0.0909. The number of halogens is 2. The number of nitrogens with one attached hydrogen (secondary N) is 1. The van der Waals surface area contributed by atoms with Crippen molar-refractivity contribution >= 4 is 28.5 Å². The first-order valence-corrected chi connectivity index (χ1v) is 9.75. The zero-order valence-electron chi connectivity index (χ0n) is 17.5. The van der Waals surface area contributed by atoms with Gasteiger partial charge in [-0.25, -0.2) is 13.8 Å². The van der Waals surface area contributed by atoms with Gasteiger partial charge in [0.1, 0.15) is 41.0 Å². The lowest BCUT2D eigenvalue weighted by Crippen LogP contribution is -2.28. The minimum absolute atomic E-state index is 0.0149. The molecule has 0 saturated carbocycles. The van der Waals surface area contributed by atoms with Crippen molar-refractivity contribution in [2.75, 3.05) is 16.8 Å². The van der Waals surface area contributed by atoms with Crippen LogP contribution >= 0.6 is 0 Å². The van der Waals surface area contributed by atoms with Crippen LogP contribution in [0.2, 0.25) is 0 Å². The topological polar surface area (TPSA) is 172 Å². The molecule has 0 aliphatic heterocycles. The second-order valence-electron chi connectivity index (χ2n) is 7.22. The van der Waals surface area contributed by atoms with Crippen molar-refractivity contribution in [3.63, 3.8) is 0 Å². The number of nitrogen functional groups attached to an aromatic ring is 2. The van der Waals surface area contributed by atoms with E-state index in [0.29, 0.717) is 6.07 Å². The van der Waals surface area contributed by atoms with Gasteiger partial charge in [0.25, 0.3) is 5.56 Å². The number of rotatable bonds is 4. The minimum Gasteiger partial charge on any atom is -0.382 e. The fourth-order valence-corrected chi connectivity index (χ4v) is 3.53. The Morgan fingerprint density at radius 2 is 1.76 bits per heavy atom. The lowest BCUT2D eigenvalue weighted by atomic mass is 10.1. The van der Waals surface area contributed by atoms with Gasteiger partial charge in [-0.2, -0.15) is 20.5 Å². The van der Waals surface area contributed by atoms with Crippen LogP contribution in [-0.2, 0) is 0 Å². The summed E-state index contributed by atoms with van der Waals surface area (Å²) < 4.78 is 29.1. The summed E-state index contributed by atoms with van der Waals surface area (Å²) >= 11 is 0. The molecule has 34 heavy (non-hydrogen) atoms. The van der Waals surface area contributed by atoms with E-state index in [0.717, 1.165) is 16.7 Å². The smallest absolute Gasteiger partial charge is 0.267 e. The Labute approximate surface area is 190 Å². The van der Waals surface area contributed by atoms with Gasteiger partial charge in [-0.15, -0.1) is 0 Å². The van der Waals surface area contributed by atoms with Gasteiger partial charge in [0.05, 0.1) is 28.2 Å². The largest absolute Gasteiger partial charge is 0.382 e. The molecule has 2 aromatic heterocycles. The molecule has 12 heteroatoms. The van der Waals surface area contributed by atoms with Crippen LogP contribution in [0.1, 0.15) is 29.9 Å². The number of hydrogen-bond donors (Lipinski definition) is 3. The van der Waals surface area contributed by atoms with E-state index in [1.165, 1.54) is 12.1 Å². The van der Waals surface area contributed by atoms with Crippen molar-refractivity contribution in [3.8, 4) is 17.8 Å². The molecular formula is C22H15F2N9O. The molecule has 0 spiro atoms. The molecule has 5 N–H and O–H groups in total. The minimum atomic E-state index is -0.912. The Balaban J connectivity index is 2.00. The Morgan fingerprint density at radius 1 is 1.06 bits per heavy atom. The Bertz CT molecular complexity index is 1580. The quantitative estimate of drug-likeness (QED) is 0.414. The van der Waals surface area contributed by atoms with Crippen LogP contribution in [0.15, 0.2) is 41.2 Å². The van der Waals surface area contributed by atoms with Gasteiger partial charge in [-0.05, 0) is 31.2 Å². The first-order valence-electron chi connectivity index (χ1n) is 9.75. The Hall–Kier alpha value is -5.10. The van der Waals surface area contributed by atoms with Gasteiger partial charge < -0.3 is 16.8 Å². The summed E-state index contributed by atoms with van der Waals surface area (Å²) in [5.41, 5.74) is 10.7. The third-order valence-electron chi connectivity index (χ3n) is 4.96. The molecule has 4 rings (SSSR count). The first-order chi connectivity index (χ1) is 16.2. The average Bonchev–Trinajstić information content (AvgIpc) is 2.77. The zero-order valence-corrected chi connectivity index (χ0v) is 17.5. The summed E-state index contributed by atoms with van der Waals surface area (Å²) in [5.74, 6) is -2.16. The molecule has 0 aliphatic rings. The van der Waals surface area contributed by atoms with Crippen LogP contribution in [0.3, 0.4) is 0 Å². The van der Waals surface area contributed by atoms with E-state index in [1.807, 2.05) is 12.1 Å². The highest BCUT2D eigenvalue weighted by atomic mass is 19.1. The van der Waals surface area contributed by atoms with E-state index < -0.39 is 23.2 Å². The number of nitrogens with two attached hydrogens (primary N) is 2. The summed E-state index contributed by atoms with van der Waals surface area (Å²) in [6, 6.07) is 10.1. The number of nitrogens with zero attached hydrogens (tertiary/aromatic N) is 6. The highest BCUT2D eigenvalue weighted by molar-refractivity contribution is 5.84. The predicted octanol–water partition coefficient (Wildman–Crippen LogP) is 2.53. The van der Waals surface area contributed by atoms with Gasteiger partial charge >= 0.3 is 0 Å². The lowest BCUT2D eigenvalue weighted by Gasteiger charge is -2.21. The van der Waals surface area contributed by atoms with Crippen molar-refractivity contribution in [3.05, 3.63) is 75.3 Å². The Kier molecular flexibility index (Phi) is 5.49. The van der Waals surface area contributed by atoms with Crippen LogP contribution in [0.5, 0.6) is 0 Å². The van der Waals surface area contributed by atoms with Crippen LogP contribution < -0.4 is 22.3 Å². The monoisotopic (exact) mass is 459 g/mol. The van der Waals surface area contributed by atoms with Gasteiger partial charge in [0.15, 0.2) is 5.82 Å². The summed E-state index contributed by atoms with van der Waals surface area (Å²) in [6.45, 7) is 1.59. The Morgan fingerprint density at radius 3 is 2.41 bits per heavy atom. The van der Waals surface area contributed by atoms with Crippen molar-refractivity contribution in [2.45, 2.75) is 13.0 Å². The maximum atomic E-state index is 14.0. The molecule has 0 saturated heterocycles. The van der Waals surface area contributed by atoms with Crippen molar-refractivity contribution in [1.82, 2.24) is 19.5 Å². The second kappa shape index (κ2) is 8.44. The molecule has 0 bridgehead atoms. The molecule has 0 aliphatic carbocycles. The number of anilines is 3.